The molecule has 0 aromatic heterocycles. The highest BCUT2D eigenvalue weighted by atomic mass is 16.5. The number of carbonyl (C=O) groups is 3. The first kappa shape index (κ1) is 21.4. The van der Waals surface area contributed by atoms with Crippen LogP contribution in [0.1, 0.15) is 36.3 Å². The molecule has 2 aliphatic carbocycles. The Morgan fingerprint density at radius 1 is 1.00 bits per heavy atom. The van der Waals surface area contributed by atoms with Crippen molar-refractivity contribution in [3.63, 3.8) is 0 Å². The van der Waals surface area contributed by atoms with Crippen molar-refractivity contribution in [1.29, 1.82) is 0 Å². The van der Waals surface area contributed by atoms with E-state index in [9.17, 15) is 19.5 Å². The molecule has 2 aromatic carbocycles. The normalized spacial score (nSPS) is 15.2. The Labute approximate surface area is 186 Å². The largest absolute Gasteiger partial charge is 0.481 e. The lowest BCUT2D eigenvalue weighted by Crippen LogP contribution is -2.47. The molecule has 4 rings (SSSR count). The molecule has 0 atom stereocenters. The van der Waals surface area contributed by atoms with Crippen LogP contribution in [0.4, 0.5) is 4.79 Å². The lowest BCUT2D eigenvalue weighted by atomic mass is 9.69. The van der Waals surface area contributed by atoms with E-state index in [2.05, 4.69) is 34.6 Å². The van der Waals surface area contributed by atoms with Gasteiger partial charge in [0.25, 0.3) is 5.91 Å². The molecule has 2 aliphatic rings. The molecule has 164 valence electrons. The van der Waals surface area contributed by atoms with Gasteiger partial charge in [0.15, 0.2) is 0 Å². The highest BCUT2D eigenvalue weighted by Gasteiger charge is 2.44. The molecule has 0 heterocycles. The summed E-state index contributed by atoms with van der Waals surface area (Å²) in [5.41, 5.74) is 3.70. The molecule has 2 aromatic rings. The summed E-state index contributed by atoms with van der Waals surface area (Å²) < 4.78 is 5.40. The summed E-state index contributed by atoms with van der Waals surface area (Å²) in [4.78, 5) is 35.2. The Morgan fingerprint density at radius 3 is 2.19 bits per heavy atom. The van der Waals surface area contributed by atoms with E-state index < -0.39 is 23.4 Å². The van der Waals surface area contributed by atoms with E-state index in [0.29, 0.717) is 12.8 Å². The molecular weight excluding hydrogens is 408 g/mol. The second-order valence-corrected chi connectivity index (χ2v) is 8.10. The molecule has 7 heteroatoms. The summed E-state index contributed by atoms with van der Waals surface area (Å²) in [6, 6.07) is 16.2. The zero-order valence-electron chi connectivity index (χ0n) is 17.5. The highest BCUT2D eigenvalue weighted by Crippen LogP contribution is 2.44. The molecule has 1 saturated carbocycles. The molecule has 0 radical (unpaired) electrons. The van der Waals surface area contributed by atoms with Gasteiger partial charge in [-0.15, -0.1) is 0 Å². The van der Waals surface area contributed by atoms with Crippen molar-refractivity contribution in [2.24, 2.45) is 5.41 Å². The first-order chi connectivity index (χ1) is 15.5. The minimum absolute atomic E-state index is 0.0296. The number of amides is 2. The van der Waals surface area contributed by atoms with Crippen molar-refractivity contribution in [3.05, 3.63) is 59.7 Å². The van der Waals surface area contributed by atoms with E-state index >= 15 is 0 Å². The zero-order chi connectivity index (χ0) is 22.6. The second-order valence-electron chi connectivity index (χ2n) is 8.10. The number of hydrogen-bond donors (Lipinski definition) is 3. The van der Waals surface area contributed by atoms with Crippen LogP contribution in [0.5, 0.6) is 0 Å². The smallest absolute Gasteiger partial charge is 0.407 e. The van der Waals surface area contributed by atoms with E-state index in [1.807, 2.05) is 36.4 Å². The van der Waals surface area contributed by atoms with Gasteiger partial charge < -0.3 is 20.5 Å². The first-order valence-corrected chi connectivity index (χ1v) is 10.6. The molecule has 3 N–H and O–H groups in total. The third kappa shape index (κ3) is 4.30. The van der Waals surface area contributed by atoms with E-state index in [1.165, 1.54) is 0 Å². The fourth-order valence-corrected chi connectivity index (χ4v) is 4.25. The van der Waals surface area contributed by atoms with Crippen molar-refractivity contribution >= 4 is 18.0 Å². The van der Waals surface area contributed by atoms with E-state index in [-0.39, 0.29) is 25.6 Å². The number of nitrogens with one attached hydrogen (secondary N) is 2. The average Bonchev–Trinajstić information content (AvgIpc) is 3.08. The molecule has 0 saturated heterocycles. The van der Waals surface area contributed by atoms with Crippen molar-refractivity contribution < 1.29 is 24.2 Å². The molecule has 0 bridgehead atoms. The van der Waals surface area contributed by atoms with Gasteiger partial charge in [0.1, 0.15) is 6.61 Å². The predicted octanol–water partition coefficient (Wildman–Crippen LogP) is 2.90. The minimum Gasteiger partial charge on any atom is -0.481 e. The number of alkyl carbamates (subject to hydrolysis) is 1. The Hall–Kier alpha value is -3.79. The maximum atomic E-state index is 12.1. The molecule has 1 fully saturated rings. The molecular formula is C25H24N2O5. The van der Waals surface area contributed by atoms with E-state index in [4.69, 9.17) is 4.74 Å². The lowest BCUT2D eigenvalue weighted by Gasteiger charge is -2.37. The van der Waals surface area contributed by atoms with Crippen LogP contribution >= 0.6 is 0 Å². The monoisotopic (exact) mass is 432 g/mol. The Balaban J connectivity index is 1.24. The second kappa shape index (κ2) is 9.15. The van der Waals surface area contributed by atoms with Crippen LogP contribution in [-0.2, 0) is 14.3 Å². The molecule has 0 spiro atoms. The van der Waals surface area contributed by atoms with Gasteiger partial charge in [-0.1, -0.05) is 60.9 Å². The van der Waals surface area contributed by atoms with Crippen molar-refractivity contribution in [1.82, 2.24) is 10.6 Å². The number of aliphatic carboxylic acids is 1. The Morgan fingerprint density at radius 2 is 1.62 bits per heavy atom. The van der Waals surface area contributed by atoms with Gasteiger partial charge in [-0.2, -0.15) is 0 Å². The van der Waals surface area contributed by atoms with Crippen molar-refractivity contribution in [3.8, 4) is 23.0 Å². The number of fused-ring (bicyclic) bond motifs is 3. The number of carbonyl (C=O) groups excluding carboxylic acids is 2. The SMILES string of the molecule is O=C(C#CCNC(=O)OCC1c2ccccc2-c2ccccc21)NCC1(C(=O)O)CCC1. The molecule has 0 unspecified atom stereocenters. The standard InChI is InChI=1S/C25H24N2O5/c28-22(27-16-25(23(29)30)12-6-13-25)11-5-14-26-24(31)32-15-21-19-9-3-1-7-17(19)18-8-2-4-10-20(18)21/h1-4,7-10,21H,6,12-16H2,(H,26,31)(H,27,28)(H,29,30). The summed E-state index contributed by atoms with van der Waals surface area (Å²) >= 11 is 0. The van der Waals surface area contributed by atoms with Gasteiger partial charge in [-0.05, 0) is 41.0 Å². The number of hydrogen-bond acceptors (Lipinski definition) is 4. The van der Waals surface area contributed by atoms with Crippen LogP contribution in [0.3, 0.4) is 0 Å². The summed E-state index contributed by atoms with van der Waals surface area (Å²) in [5.74, 6) is 3.43. The van der Waals surface area contributed by atoms with Crippen molar-refractivity contribution in [2.45, 2.75) is 25.2 Å². The van der Waals surface area contributed by atoms with Gasteiger partial charge in [-0.3, -0.25) is 9.59 Å². The van der Waals surface area contributed by atoms with E-state index in [0.717, 1.165) is 28.7 Å². The fourth-order valence-electron chi connectivity index (χ4n) is 4.25. The maximum Gasteiger partial charge on any atom is 0.407 e. The maximum absolute atomic E-state index is 12.1. The molecule has 0 aliphatic heterocycles. The summed E-state index contributed by atoms with van der Waals surface area (Å²) in [7, 11) is 0. The van der Waals surface area contributed by atoms with Gasteiger partial charge in [-0.25, -0.2) is 4.79 Å². The highest BCUT2D eigenvalue weighted by molar-refractivity contribution is 5.94. The summed E-state index contributed by atoms with van der Waals surface area (Å²) in [6.07, 6.45) is 1.34. The number of rotatable bonds is 6. The van der Waals surface area contributed by atoms with Gasteiger partial charge in [0.2, 0.25) is 0 Å². The zero-order valence-corrected chi connectivity index (χ0v) is 17.5. The van der Waals surface area contributed by atoms with Crippen molar-refractivity contribution in [2.75, 3.05) is 19.7 Å². The minimum atomic E-state index is -0.895. The molecule has 7 nitrogen and oxygen atoms in total. The number of ether oxygens (including phenoxy) is 1. The third-order valence-corrected chi connectivity index (χ3v) is 6.22. The third-order valence-electron chi connectivity index (χ3n) is 6.22. The first-order valence-electron chi connectivity index (χ1n) is 10.6. The lowest BCUT2D eigenvalue weighted by molar-refractivity contribution is -0.154. The topological polar surface area (TPSA) is 105 Å². The average molecular weight is 432 g/mol. The molecule has 32 heavy (non-hydrogen) atoms. The Bertz CT molecular complexity index is 1070. The van der Waals surface area contributed by atoms with Crippen LogP contribution in [0.2, 0.25) is 0 Å². The van der Waals surface area contributed by atoms with Crippen LogP contribution in [0, 0.1) is 17.3 Å². The molecule has 2 amide bonds. The summed E-state index contributed by atoms with van der Waals surface area (Å²) in [5, 5.41) is 14.3. The van der Waals surface area contributed by atoms with Gasteiger partial charge >= 0.3 is 12.1 Å². The van der Waals surface area contributed by atoms with E-state index in [1.54, 1.807) is 0 Å². The van der Waals surface area contributed by atoms with Gasteiger partial charge in [0, 0.05) is 12.5 Å². The Kier molecular flexibility index (Phi) is 6.13. The van der Waals surface area contributed by atoms with Crippen LogP contribution in [0.25, 0.3) is 11.1 Å². The van der Waals surface area contributed by atoms with Crippen LogP contribution < -0.4 is 10.6 Å². The van der Waals surface area contributed by atoms with Crippen LogP contribution in [-0.4, -0.2) is 42.8 Å². The quantitative estimate of drug-likeness (QED) is 0.609. The number of carboxylic acid groups (broad SMARTS) is 1. The van der Waals surface area contributed by atoms with Crippen LogP contribution in [0.15, 0.2) is 48.5 Å². The number of benzene rings is 2. The summed E-state index contributed by atoms with van der Waals surface area (Å²) in [6.45, 7) is 0.217. The van der Waals surface area contributed by atoms with Gasteiger partial charge in [0.05, 0.1) is 12.0 Å². The number of carboxylic acids is 1. The fraction of sp³-hybridized carbons (Fsp3) is 0.320. The predicted molar refractivity (Wildman–Crippen MR) is 118 cm³/mol.